The summed E-state index contributed by atoms with van der Waals surface area (Å²) >= 11 is 5.94. The van der Waals surface area contributed by atoms with E-state index < -0.39 is 5.82 Å². The van der Waals surface area contributed by atoms with Gasteiger partial charge < -0.3 is 15.2 Å². The Hall–Kier alpha value is -2.45. The maximum atomic E-state index is 13.2. The lowest BCUT2D eigenvalue weighted by Crippen LogP contribution is -2.01. The molecule has 0 radical (unpaired) electrons. The van der Waals surface area contributed by atoms with Crippen LogP contribution >= 0.6 is 11.6 Å². The molecule has 0 aliphatic rings. The summed E-state index contributed by atoms with van der Waals surface area (Å²) in [5.41, 5.74) is 1.04. The predicted molar refractivity (Wildman–Crippen MR) is 78.1 cm³/mol. The van der Waals surface area contributed by atoms with Crippen LogP contribution < -0.4 is 10.1 Å². The number of benzene rings is 2. The Kier molecular flexibility index (Phi) is 4.51. The van der Waals surface area contributed by atoms with Crippen molar-refractivity contribution in [2.75, 3.05) is 12.4 Å². The van der Waals surface area contributed by atoms with Gasteiger partial charge in [0, 0.05) is 28.9 Å². The molecule has 6 heteroatoms. The van der Waals surface area contributed by atoms with Gasteiger partial charge in [0.2, 0.25) is 0 Å². The number of nitriles is 1. The molecule has 0 bridgehead atoms. The molecule has 0 fully saturated rings. The molecule has 4 nitrogen and oxygen atoms in total. The number of rotatable bonds is 4. The molecule has 2 rings (SSSR count). The number of nitrogens with zero attached hydrogens (tertiary/aromatic N) is 1. The lowest BCUT2D eigenvalue weighted by molar-refractivity contribution is 0.371. The lowest BCUT2D eigenvalue weighted by atomic mass is 10.1. The zero-order valence-electron chi connectivity index (χ0n) is 11.2. The molecule has 108 valence electrons. The normalized spacial score (nSPS) is 10.0. The van der Waals surface area contributed by atoms with Crippen LogP contribution in [0.4, 0.5) is 10.1 Å². The maximum absolute atomic E-state index is 13.2. The van der Waals surface area contributed by atoms with Gasteiger partial charge in [-0.15, -0.1) is 0 Å². The van der Waals surface area contributed by atoms with Crippen LogP contribution in [0.1, 0.15) is 11.1 Å². The quantitative estimate of drug-likeness (QED) is 0.904. The molecule has 0 unspecified atom stereocenters. The number of methoxy groups -OCH3 is 1. The van der Waals surface area contributed by atoms with Crippen molar-refractivity contribution in [3.8, 4) is 17.6 Å². The largest absolute Gasteiger partial charge is 0.504 e. The first kappa shape index (κ1) is 14.9. The number of nitrogens with one attached hydrogen (secondary N) is 1. The van der Waals surface area contributed by atoms with Gasteiger partial charge in [0.15, 0.2) is 11.5 Å². The van der Waals surface area contributed by atoms with E-state index >= 15 is 0 Å². The number of ether oxygens (including phenoxy) is 1. The van der Waals surface area contributed by atoms with Crippen molar-refractivity contribution in [1.29, 1.82) is 5.26 Å². The van der Waals surface area contributed by atoms with Crippen molar-refractivity contribution in [3.63, 3.8) is 0 Å². The van der Waals surface area contributed by atoms with Crippen molar-refractivity contribution in [3.05, 3.63) is 52.3 Å². The second-order valence-electron chi connectivity index (χ2n) is 4.28. The Morgan fingerprint density at radius 3 is 2.81 bits per heavy atom. The number of hydrogen-bond acceptors (Lipinski definition) is 4. The molecule has 0 aliphatic carbocycles. The number of anilines is 1. The molecule has 0 saturated carbocycles. The molecule has 21 heavy (non-hydrogen) atoms. The summed E-state index contributed by atoms with van der Waals surface area (Å²) in [7, 11) is 1.43. The van der Waals surface area contributed by atoms with Crippen LogP contribution in [0.3, 0.4) is 0 Å². The van der Waals surface area contributed by atoms with E-state index in [0.717, 1.165) is 0 Å². The molecule has 0 amide bonds. The number of phenolic OH excluding ortho intramolecular Hbond substituents is 1. The van der Waals surface area contributed by atoms with Gasteiger partial charge >= 0.3 is 0 Å². The average molecular weight is 307 g/mol. The Bertz CT molecular complexity index is 714. The van der Waals surface area contributed by atoms with E-state index in [4.69, 9.17) is 21.6 Å². The highest BCUT2D eigenvalue weighted by Gasteiger charge is 2.10. The minimum Gasteiger partial charge on any atom is -0.504 e. The highest BCUT2D eigenvalue weighted by atomic mass is 35.5. The second-order valence-corrected chi connectivity index (χ2v) is 4.71. The fraction of sp³-hybridized carbons (Fsp3) is 0.133. The van der Waals surface area contributed by atoms with E-state index in [-0.39, 0.29) is 23.6 Å². The van der Waals surface area contributed by atoms with Crippen LogP contribution in [-0.2, 0) is 6.54 Å². The molecule has 0 saturated heterocycles. The van der Waals surface area contributed by atoms with Gasteiger partial charge in [0.1, 0.15) is 11.9 Å². The standard InChI is InChI=1S/C15H12ClFN2O2/c1-21-14-6-11(16)4-10(15(14)20)8-19-12-2-3-13(17)9(5-12)7-18/h2-6,19-20H,8H2,1H3. The minimum absolute atomic E-state index is 0.0166. The van der Waals surface area contributed by atoms with E-state index in [2.05, 4.69) is 5.32 Å². The van der Waals surface area contributed by atoms with Crippen LogP contribution in [0.2, 0.25) is 5.02 Å². The lowest BCUT2D eigenvalue weighted by Gasteiger charge is -2.12. The SMILES string of the molecule is COc1cc(Cl)cc(CNc2ccc(F)c(C#N)c2)c1O. The van der Waals surface area contributed by atoms with Gasteiger partial charge in [-0.05, 0) is 24.3 Å². The summed E-state index contributed by atoms with van der Waals surface area (Å²) in [4.78, 5) is 0. The Morgan fingerprint density at radius 2 is 2.14 bits per heavy atom. The van der Waals surface area contributed by atoms with E-state index in [0.29, 0.717) is 16.3 Å². The fourth-order valence-corrected chi connectivity index (χ4v) is 2.07. The number of halogens is 2. The molecule has 2 aromatic rings. The van der Waals surface area contributed by atoms with Crippen molar-refractivity contribution in [2.24, 2.45) is 0 Å². The molecule has 0 aromatic heterocycles. The molecule has 0 aliphatic heterocycles. The van der Waals surface area contributed by atoms with Gasteiger partial charge in [-0.1, -0.05) is 11.6 Å². The first-order valence-corrected chi connectivity index (χ1v) is 6.42. The zero-order chi connectivity index (χ0) is 15.4. The molecule has 0 atom stereocenters. The number of phenols is 1. The van der Waals surface area contributed by atoms with Gasteiger partial charge in [0.05, 0.1) is 12.7 Å². The maximum Gasteiger partial charge on any atom is 0.162 e. The van der Waals surface area contributed by atoms with Crippen LogP contribution in [0.5, 0.6) is 11.5 Å². The highest BCUT2D eigenvalue weighted by Crippen LogP contribution is 2.33. The third-order valence-corrected chi connectivity index (χ3v) is 3.13. The average Bonchev–Trinajstić information content (AvgIpc) is 2.49. The van der Waals surface area contributed by atoms with Crippen LogP contribution in [0.25, 0.3) is 0 Å². The summed E-state index contributed by atoms with van der Waals surface area (Å²) in [5.74, 6) is -0.316. The van der Waals surface area contributed by atoms with Gasteiger partial charge in [-0.3, -0.25) is 0 Å². The summed E-state index contributed by atoms with van der Waals surface area (Å²) in [6.07, 6.45) is 0. The van der Waals surface area contributed by atoms with E-state index in [9.17, 15) is 9.50 Å². The van der Waals surface area contributed by atoms with Crippen molar-refractivity contribution < 1.29 is 14.2 Å². The molecule has 2 aromatic carbocycles. The molecular formula is C15H12ClFN2O2. The Morgan fingerprint density at radius 1 is 1.38 bits per heavy atom. The molecular weight excluding hydrogens is 295 g/mol. The number of hydrogen-bond donors (Lipinski definition) is 2. The predicted octanol–water partition coefficient (Wildman–Crippen LogP) is 3.68. The highest BCUT2D eigenvalue weighted by molar-refractivity contribution is 6.30. The third kappa shape index (κ3) is 3.36. The van der Waals surface area contributed by atoms with Gasteiger partial charge in [0.25, 0.3) is 0 Å². The van der Waals surface area contributed by atoms with Crippen LogP contribution in [0.15, 0.2) is 30.3 Å². The summed E-state index contributed by atoms with van der Waals surface area (Å²) in [6, 6.07) is 8.98. The van der Waals surface area contributed by atoms with E-state index in [1.54, 1.807) is 12.1 Å². The molecule has 2 N–H and O–H groups in total. The van der Waals surface area contributed by atoms with Crippen LogP contribution in [0, 0.1) is 17.1 Å². The van der Waals surface area contributed by atoms with Gasteiger partial charge in [-0.25, -0.2) is 4.39 Å². The van der Waals surface area contributed by atoms with E-state index in [1.165, 1.54) is 31.4 Å². The zero-order valence-corrected chi connectivity index (χ0v) is 11.9. The topological polar surface area (TPSA) is 65.3 Å². The smallest absolute Gasteiger partial charge is 0.162 e. The van der Waals surface area contributed by atoms with Crippen molar-refractivity contribution in [2.45, 2.75) is 6.54 Å². The Labute approximate surface area is 126 Å². The summed E-state index contributed by atoms with van der Waals surface area (Å²) in [6.45, 7) is 0.249. The first-order valence-electron chi connectivity index (χ1n) is 6.04. The van der Waals surface area contributed by atoms with Gasteiger partial charge in [-0.2, -0.15) is 5.26 Å². The van der Waals surface area contributed by atoms with E-state index in [1.807, 2.05) is 0 Å². The van der Waals surface area contributed by atoms with Crippen LogP contribution in [-0.4, -0.2) is 12.2 Å². The molecule has 0 spiro atoms. The minimum atomic E-state index is -0.574. The summed E-state index contributed by atoms with van der Waals surface area (Å²) < 4.78 is 18.2. The summed E-state index contributed by atoms with van der Waals surface area (Å²) in [5, 5.41) is 22.2. The molecule has 0 heterocycles. The monoisotopic (exact) mass is 306 g/mol. The van der Waals surface area contributed by atoms with Crippen molar-refractivity contribution in [1.82, 2.24) is 0 Å². The second kappa shape index (κ2) is 6.33. The fourth-order valence-electron chi connectivity index (χ4n) is 1.84. The third-order valence-electron chi connectivity index (χ3n) is 2.91. The number of aromatic hydroxyl groups is 1. The Balaban J connectivity index is 2.21. The first-order chi connectivity index (χ1) is 10.0. The van der Waals surface area contributed by atoms with Crippen molar-refractivity contribution >= 4 is 17.3 Å².